The van der Waals surface area contributed by atoms with Crippen LogP contribution in [-0.4, -0.2) is 12.5 Å². The summed E-state index contributed by atoms with van der Waals surface area (Å²) in [6.45, 7) is 0.747. The van der Waals surface area contributed by atoms with Gasteiger partial charge >= 0.3 is 0 Å². The molecule has 0 atom stereocenters. The van der Waals surface area contributed by atoms with Crippen LogP contribution in [0.1, 0.15) is 32.1 Å². The molecule has 0 aliphatic heterocycles. The molecule has 0 rings (SSSR count). The van der Waals surface area contributed by atoms with Gasteiger partial charge in [0, 0.05) is 6.42 Å². The molecule has 4 N–H and O–H groups in total. The van der Waals surface area contributed by atoms with Gasteiger partial charge in [-0.1, -0.05) is 12.8 Å². The lowest BCUT2D eigenvalue weighted by Gasteiger charge is -1.95. The molecule has 10 heavy (non-hydrogen) atoms. The van der Waals surface area contributed by atoms with E-state index in [0.29, 0.717) is 6.42 Å². The van der Waals surface area contributed by atoms with E-state index in [1.165, 1.54) is 0 Å². The van der Waals surface area contributed by atoms with Crippen molar-refractivity contribution in [3.05, 3.63) is 0 Å². The first-order valence-electron chi connectivity index (χ1n) is 3.75. The molecule has 0 aliphatic rings. The molecular formula is C7H16N2O. The Morgan fingerprint density at radius 3 is 2.20 bits per heavy atom. The molecule has 60 valence electrons. The number of nitrogens with two attached hydrogens (primary N) is 2. The lowest BCUT2D eigenvalue weighted by Crippen LogP contribution is -2.09. The van der Waals surface area contributed by atoms with Crippen LogP contribution in [0.15, 0.2) is 0 Å². The van der Waals surface area contributed by atoms with Crippen LogP contribution in [0, 0.1) is 0 Å². The molecule has 0 aromatic carbocycles. The van der Waals surface area contributed by atoms with E-state index >= 15 is 0 Å². The molecule has 0 radical (unpaired) electrons. The van der Waals surface area contributed by atoms with E-state index < -0.39 is 0 Å². The smallest absolute Gasteiger partial charge is 0.217 e. The van der Waals surface area contributed by atoms with Crippen LogP contribution >= 0.6 is 0 Å². The third-order valence-corrected chi connectivity index (χ3v) is 1.38. The average molecular weight is 144 g/mol. The van der Waals surface area contributed by atoms with Crippen LogP contribution in [0.3, 0.4) is 0 Å². The maximum Gasteiger partial charge on any atom is 0.217 e. The predicted molar refractivity (Wildman–Crippen MR) is 41.3 cm³/mol. The molecule has 0 spiro atoms. The topological polar surface area (TPSA) is 69.1 Å². The van der Waals surface area contributed by atoms with Gasteiger partial charge in [0.05, 0.1) is 0 Å². The van der Waals surface area contributed by atoms with E-state index in [4.69, 9.17) is 11.5 Å². The number of rotatable bonds is 6. The minimum absolute atomic E-state index is 0.201. The molecule has 0 saturated carbocycles. The van der Waals surface area contributed by atoms with Gasteiger partial charge in [0.25, 0.3) is 0 Å². The highest BCUT2D eigenvalue weighted by molar-refractivity contribution is 5.73. The third-order valence-electron chi connectivity index (χ3n) is 1.38. The Kier molecular flexibility index (Phi) is 6.18. The summed E-state index contributed by atoms with van der Waals surface area (Å²) in [5.74, 6) is -0.201. The maximum atomic E-state index is 10.2. The SMILES string of the molecule is NCCCCCCC(N)=O. The second kappa shape index (κ2) is 6.55. The Bertz CT molecular complexity index is 93.6. The van der Waals surface area contributed by atoms with Crippen molar-refractivity contribution in [2.75, 3.05) is 6.54 Å². The monoisotopic (exact) mass is 144 g/mol. The van der Waals surface area contributed by atoms with E-state index in [9.17, 15) is 4.79 Å². The summed E-state index contributed by atoms with van der Waals surface area (Å²) in [6, 6.07) is 0. The van der Waals surface area contributed by atoms with Gasteiger partial charge in [-0.05, 0) is 19.4 Å². The van der Waals surface area contributed by atoms with Crippen molar-refractivity contribution in [2.45, 2.75) is 32.1 Å². The molecule has 0 saturated heterocycles. The molecule has 3 heteroatoms. The molecule has 0 fully saturated rings. The van der Waals surface area contributed by atoms with Gasteiger partial charge in [0.15, 0.2) is 0 Å². The average Bonchev–Trinajstić information content (AvgIpc) is 1.87. The highest BCUT2D eigenvalue weighted by atomic mass is 16.1. The first-order chi connectivity index (χ1) is 4.77. The Balaban J connectivity index is 2.84. The Morgan fingerprint density at radius 2 is 1.70 bits per heavy atom. The zero-order valence-electron chi connectivity index (χ0n) is 6.31. The van der Waals surface area contributed by atoms with Crippen molar-refractivity contribution in [1.29, 1.82) is 0 Å². The predicted octanol–water partition coefficient (Wildman–Crippen LogP) is 0.381. The number of hydrogen-bond donors (Lipinski definition) is 2. The molecule has 0 aromatic rings. The minimum Gasteiger partial charge on any atom is -0.370 e. The normalized spacial score (nSPS) is 9.70. The quantitative estimate of drug-likeness (QED) is 0.529. The van der Waals surface area contributed by atoms with Gasteiger partial charge in [0.2, 0.25) is 5.91 Å². The van der Waals surface area contributed by atoms with Gasteiger partial charge in [-0.25, -0.2) is 0 Å². The molecular weight excluding hydrogens is 128 g/mol. The van der Waals surface area contributed by atoms with Crippen molar-refractivity contribution in [2.24, 2.45) is 11.5 Å². The first-order valence-corrected chi connectivity index (χ1v) is 3.75. The lowest BCUT2D eigenvalue weighted by molar-refractivity contribution is -0.118. The maximum absolute atomic E-state index is 10.2. The summed E-state index contributed by atoms with van der Waals surface area (Å²) in [6.07, 6.45) is 4.67. The van der Waals surface area contributed by atoms with Crippen LogP contribution in [0.4, 0.5) is 0 Å². The number of carbonyl (C=O) groups is 1. The Hall–Kier alpha value is -0.570. The number of carbonyl (C=O) groups excluding carboxylic acids is 1. The standard InChI is InChI=1S/C7H16N2O/c8-6-4-2-1-3-5-7(9)10/h1-6,8H2,(H2,9,10). The van der Waals surface area contributed by atoms with E-state index in [1.54, 1.807) is 0 Å². The third kappa shape index (κ3) is 7.43. The van der Waals surface area contributed by atoms with Gasteiger partial charge in [-0.3, -0.25) is 4.79 Å². The van der Waals surface area contributed by atoms with Gasteiger partial charge in [0.1, 0.15) is 0 Å². The van der Waals surface area contributed by atoms with Crippen molar-refractivity contribution >= 4 is 5.91 Å². The number of primary amides is 1. The van der Waals surface area contributed by atoms with E-state index in [2.05, 4.69) is 0 Å². The highest BCUT2D eigenvalue weighted by Gasteiger charge is 1.92. The number of hydrogen-bond acceptors (Lipinski definition) is 2. The molecule has 1 amide bonds. The minimum atomic E-state index is -0.201. The summed E-state index contributed by atoms with van der Waals surface area (Å²) in [5.41, 5.74) is 10.2. The lowest BCUT2D eigenvalue weighted by atomic mass is 10.1. The van der Waals surface area contributed by atoms with Crippen molar-refractivity contribution < 1.29 is 4.79 Å². The molecule has 0 heterocycles. The first kappa shape index (κ1) is 9.43. The highest BCUT2D eigenvalue weighted by Crippen LogP contribution is 2.00. The summed E-state index contributed by atoms with van der Waals surface area (Å²) >= 11 is 0. The molecule has 0 aromatic heterocycles. The van der Waals surface area contributed by atoms with Crippen LogP contribution in [0.2, 0.25) is 0 Å². The fourth-order valence-corrected chi connectivity index (χ4v) is 0.797. The van der Waals surface area contributed by atoms with Gasteiger partial charge in [-0.15, -0.1) is 0 Å². The van der Waals surface area contributed by atoms with Crippen molar-refractivity contribution in [3.8, 4) is 0 Å². The second-order valence-electron chi connectivity index (χ2n) is 2.42. The Morgan fingerprint density at radius 1 is 1.10 bits per heavy atom. The fraction of sp³-hybridized carbons (Fsp3) is 0.857. The van der Waals surface area contributed by atoms with Crippen LogP contribution in [0.25, 0.3) is 0 Å². The zero-order chi connectivity index (χ0) is 7.82. The molecule has 3 nitrogen and oxygen atoms in total. The molecule has 0 unspecified atom stereocenters. The molecule has 0 aliphatic carbocycles. The van der Waals surface area contributed by atoms with E-state index in [-0.39, 0.29) is 5.91 Å². The summed E-state index contributed by atoms with van der Waals surface area (Å²) < 4.78 is 0. The zero-order valence-corrected chi connectivity index (χ0v) is 6.31. The van der Waals surface area contributed by atoms with Crippen molar-refractivity contribution in [3.63, 3.8) is 0 Å². The fourth-order valence-electron chi connectivity index (χ4n) is 0.797. The van der Waals surface area contributed by atoms with Gasteiger partial charge in [-0.2, -0.15) is 0 Å². The summed E-state index contributed by atoms with van der Waals surface area (Å²) in [5, 5.41) is 0. The van der Waals surface area contributed by atoms with Crippen LogP contribution < -0.4 is 11.5 Å². The van der Waals surface area contributed by atoms with Crippen molar-refractivity contribution in [1.82, 2.24) is 0 Å². The Labute approximate surface area is 61.8 Å². The second-order valence-corrected chi connectivity index (χ2v) is 2.42. The van der Waals surface area contributed by atoms with Crippen LogP contribution in [0.5, 0.6) is 0 Å². The van der Waals surface area contributed by atoms with Crippen LogP contribution in [-0.2, 0) is 4.79 Å². The summed E-state index contributed by atoms with van der Waals surface area (Å²) in [7, 11) is 0. The summed E-state index contributed by atoms with van der Waals surface area (Å²) in [4.78, 5) is 10.2. The van der Waals surface area contributed by atoms with Gasteiger partial charge < -0.3 is 11.5 Å². The number of amides is 1. The largest absolute Gasteiger partial charge is 0.370 e. The van der Waals surface area contributed by atoms with E-state index in [1.807, 2.05) is 0 Å². The van der Waals surface area contributed by atoms with E-state index in [0.717, 1.165) is 32.2 Å². The molecule has 0 bridgehead atoms. The number of unbranched alkanes of at least 4 members (excludes halogenated alkanes) is 3.